The van der Waals surface area contributed by atoms with Crippen molar-refractivity contribution in [2.24, 2.45) is 5.92 Å². The number of hydrogen-bond donors (Lipinski definition) is 2. The van der Waals surface area contributed by atoms with Crippen LogP contribution >= 0.6 is 0 Å². The smallest absolute Gasteiger partial charge is 0.352 e. The number of carbonyl (C=O) groups excluding carboxylic acids is 2. The number of alkyl halides is 3. The minimum absolute atomic E-state index is 0.0158. The number of carbonyl (C=O) groups is 2. The first-order valence-corrected chi connectivity index (χ1v) is 8.87. The summed E-state index contributed by atoms with van der Waals surface area (Å²) in [6, 6.07) is 1.64. The second kappa shape index (κ2) is 8.47. The van der Waals surface area contributed by atoms with E-state index in [1.165, 1.54) is 17.6 Å². The summed E-state index contributed by atoms with van der Waals surface area (Å²) in [4.78, 5) is 28.2. The number of imidazole rings is 1. The van der Waals surface area contributed by atoms with Crippen molar-refractivity contribution in [3.63, 3.8) is 0 Å². The van der Waals surface area contributed by atoms with Crippen LogP contribution in [0.25, 0.3) is 5.65 Å². The Hall–Kier alpha value is -3.51. The van der Waals surface area contributed by atoms with Crippen LogP contribution in [0, 0.1) is 12.8 Å². The fraction of sp³-hybridized carbons (Fsp3) is 0.412. The van der Waals surface area contributed by atoms with E-state index < -0.39 is 30.3 Å². The Kier molecular flexibility index (Phi) is 5.99. The summed E-state index contributed by atoms with van der Waals surface area (Å²) in [5, 5.41) is 16.3. The number of aryl methyl sites for hydroxylation is 1. The number of halogens is 3. The van der Waals surface area contributed by atoms with E-state index in [9.17, 15) is 22.8 Å². The number of nitrogens with zero attached hydrogens (tertiary/aromatic N) is 5. The molecule has 0 unspecified atom stereocenters. The molecule has 0 bridgehead atoms. The second-order valence-corrected chi connectivity index (χ2v) is 6.72. The molecule has 160 valence electrons. The van der Waals surface area contributed by atoms with Gasteiger partial charge in [0.05, 0.1) is 31.1 Å². The molecule has 0 spiro atoms. The predicted octanol–water partition coefficient (Wildman–Crippen LogP) is 1.56. The normalized spacial score (nSPS) is 12.7. The van der Waals surface area contributed by atoms with Gasteiger partial charge < -0.3 is 10.6 Å². The Balaban J connectivity index is 1.58. The van der Waals surface area contributed by atoms with Gasteiger partial charge in [-0.25, -0.2) is 14.1 Å². The Labute approximate surface area is 167 Å². The molecule has 0 aromatic carbocycles. The molecule has 2 N–H and O–H groups in total. The average Bonchev–Trinajstić information content (AvgIpc) is 3.27. The lowest BCUT2D eigenvalue weighted by Crippen LogP contribution is -2.31. The maximum Gasteiger partial charge on any atom is 0.389 e. The standard InChI is InChI=1S/C17H18F3N7O3/c1-9(4-17(18,19)20)15(28)21-5-11-3-13-24-12(8-27(13)23-6-11)7-22-16(29)14-10(2)25-30-26-14/h3,6,8-9H,4-5,7H2,1-2H3,(H,21,28)(H,22,29)/t9-/m1/s1. The van der Waals surface area contributed by atoms with Gasteiger partial charge in [-0.3, -0.25) is 9.59 Å². The fourth-order valence-corrected chi connectivity index (χ4v) is 2.64. The van der Waals surface area contributed by atoms with Crippen LogP contribution in [-0.4, -0.2) is 42.9 Å². The molecule has 0 fully saturated rings. The van der Waals surface area contributed by atoms with Gasteiger partial charge in [-0.1, -0.05) is 12.1 Å². The van der Waals surface area contributed by atoms with Crippen molar-refractivity contribution < 1.29 is 27.4 Å². The maximum absolute atomic E-state index is 12.4. The maximum atomic E-state index is 12.4. The van der Waals surface area contributed by atoms with Crippen LogP contribution in [0.15, 0.2) is 23.1 Å². The third kappa shape index (κ3) is 5.30. The van der Waals surface area contributed by atoms with Gasteiger partial charge in [0.25, 0.3) is 5.91 Å². The van der Waals surface area contributed by atoms with E-state index in [0.29, 0.717) is 22.6 Å². The lowest BCUT2D eigenvalue weighted by Gasteiger charge is -2.14. The third-order valence-corrected chi connectivity index (χ3v) is 4.18. The van der Waals surface area contributed by atoms with Crippen molar-refractivity contribution in [2.75, 3.05) is 0 Å². The van der Waals surface area contributed by atoms with Gasteiger partial charge in [0.2, 0.25) is 5.91 Å². The summed E-state index contributed by atoms with van der Waals surface area (Å²) in [6.07, 6.45) is -2.51. The molecular formula is C17H18F3N7O3. The zero-order chi connectivity index (χ0) is 21.9. The summed E-state index contributed by atoms with van der Waals surface area (Å²) < 4.78 is 43.1. The Morgan fingerprint density at radius 3 is 2.67 bits per heavy atom. The molecule has 0 saturated carbocycles. The summed E-state index contributed by atoms with van der Waals surface area (Å²) in [7, 11) is 0. The third-order valence-electron chi connectivity index (χ3n) is 4.18. The van der Waals surface area contributed by atoms with E-state index in [1.54, 1.807) is 19.2 Å². The molecule has 3 aromatic rings. The quantitative estimate of drug-likeness (QED) is 0.588. The summed E-state index contributed by atoms with van der Waals surface area (Å²) in [5.74, 6) is -2.35. The minimum Gasteiger partial charge on any atom is -0.352 e. The van der Waals surface area contributed by atoms with Gasteiger partial charge >= 0.3 is 6.18 Å². The highest BCUT2D eigenvalue weighted by Crippen LogP contribution is 2.24. The topological polar surface area (TPSA) is 127 Å². The second-order valence-electron chi connectivity index (χ2n) is 6.72. The lowest BCUT2D eigenvalue weighted by atomic mass is 10.1. The van der Waals surface area contributed by atoms with Crippen LogP contribution < -0.4 is 10.6 Å². The number of hydrogen-bond acceptors (Lipinski definition) is 7. The molecule has 1 atom stereocenters. The monoisotopic (exact) mass is 425 g/mol. The number of aromatic nitrogens is 5. The highest BCUT2D eigenvalue weighted by molar-refractivity contribution is 5.92. The lowest BCUT2D eigenvalue weighted by molar-refractivity contribution is -0.153. The van der Waals surface area contributed by atoms with Gasteiger partial charge in [0.15, 0.2) is 11.3 Å². The van der Waals surface area contributed by atoms with Gasteiger partial charge in [0.1, 0.15) is 5.69 Å². The Bertz CT molecular complexity index is 1060. The zero-order valence-corrected chi connectivity index (χ0v) is 16.0. The molecular weight excluding hydrogens is 407 g/mol. The van der Waals surface area contributed by atoms with E-state index in [2.05, 4.69) is 35.7 Å². The fourth-order valence-electron chi connectivity index (χ4n) is 2.64. The van der Waals surface area contributed by atoms with Crippen LogP contribution in [0.4, 0.5) is 13.2 Å². The Morgan fingerprint density at radius 1 is 1.23 bits per heavy atom. The molecule has 0 aliphatic rings. The van der Waals surface area contributed by atoms with Crippen molar-refractivity contribution in [1.29, 1.82) is 0 Å². The molecule has 3 rings (SSSR count). The van der Waals surface area contributed by atoms with Crippen molar-refractivity contribution in [3.05, 3.63) is 41.1 Å². The zero-order valence-electron chi connectivity index (χ0n) is 16.0. The summed E-state index contributed by atoms with van der Waals surface area (Å²) in [6.45, 7) is 2.93. The van der Waals surface area contributed by atoms with Crippen molar-refractivity contribution in [2.45, 2.75) is 39.5 Å². The van der Waals surface area contributed by atoms with E-state index >= 15 is 0 Å². The molecule has 13 heteroatoms. The first-order valence-electron chi connectivity index (χ1n) is 8.87. The van der Waals surface area contributed by atoms with Crippen molar-refractivity contribution >= 4 is 17.5 Å². The number of fused-ring (bicyclic) bond motifs is 1. The summed E-state index contributed by atoms with van der Waals surface area (Å²) in [5.41, 5.74) is 1.98. The van der Waals surface area contributed by atoms with E-state index in [0.717, 1.165) is 0 Å². The van der Waals surface area contributed by atoms with Crippen molar-refractivity contribution in [3.8, 4) is 0 Å². The van der Waals surface area contributed by atoms with Crippen LogP contribution in [0.5, 0.6) is 0 Å². The number of rotatable bonds is 7. The van der Waals surface area contributed by atoms with Crippen LogP contribution in [0.2, 0.25) is 0 Å². The van der Waals surface area contributed by atoms with E-state index in [1.807, 2.05) is 0 Å². The first kappa shape index (κ1) is 21.2. The molecule has 2 amide bonds. The van der Waals surface area contributed by atoms with Crippen LogP contribution in [-0.2, 0) is 17.9 Å². The molecule has 0 aliphatic carbocycles. The van der Waals surface area contributed by atoms with Crippen molar-refractivity contribution in [1.82, 2.24) is 35.5 Å². The molecule has 3 aromatic heterocycles. The largest absolute Gasteiger partial charge is 0.389 e. The van der Waals surface area contributed by atoms with Gasteiger partial charge in [-0.2, -0.15) is 18.3 Å². The molecule has 0 saturated heterocycles. The first-order chi connectivity index (χ1) is 14.1. The minimum atomic E-state index is -4.40. The molecule has 3 heterocycles. The molecule has 0 aliphatic heterocycles. The SMILES string of the molecule is Cc1nonc1C(=O)NCc1cn2ncc(CNC(=O)[C@H](C)CC(F)(F)F)cc2n1. The van der Waals surface area contributed by atoms with Gasteiger partial charge in [0, 0.05) is 12.5 Å². The Morgan fingerprint density at radius 2 is 2.00 bits per heavy atom. The molecule has 10 nitrogen and oxygen atoms in total. The van der Waals surface area contributed by atoms with E-state index in [-0.39, 0.29) is 18.8 Å². The highest BCUT2D eigenvalue weighted by Gasteiger charge is 2.32. The van der Waals surface area contributed by atoms with E-state index in [4.69, 9.17) is 0 Å². The molecule has 0 radical (unpaired) electrons. The highest BCUT2D eigenvalue weighted by atomic mass is 19.4. The average molecular weight is 425 g/mol. The summed E-state index contributed by atoms with van der Waals surface area (Å²) >= 11 is 0. The van der Waals surface area contributed by atoms with Gasteiger partial charge in [-0.05, 0) is 23.7 Å². The number of nitrogens with one attached hydrogen (secondary N) is 2. The number of amides is 2. The van der Waals surface area contributed by atoms with Crippen LogP contribution in [0.1, 0.15) is 40.8 Å². The molecule has 30 heavy (non-hydrogen) atoms. The van der Waals surface area contributed by atoms with Crippen LogP contribution in [0.3, 0.4) is 0 Å². The van der Waals surface area contributed by atoms with Gasteiger partial charge in [-0.15, -0.1) is 0 Å². The predicted molar refractivity (Wildman–Crippen MR) is 94.9 cm³/mol.